The van der Waals surface area contributed by atoms with Crippen molar-refractivity contribution in [1.29, 1.82) is 0 Å². The number of benzene rings is 2. The Bertz CT molecular complexity index is 819. The van der Waals surface area contributed by atoms with Crippen LogP contribution in [0, 0.1) is 10.1 Å². The quantitative estimate of drug-likeness (QED) is 0.544. The number of thiazole rings is 1. The van der Waals surface area contributed by atoms with Crippen LogP contribution in [0.25, 0.3) is 10.2 Å². The van der Waals surface area contributed by atoms with Gasteiger partial charge in [0.15, 0.2) is 5.52 Å². The summed E-state index contributed by atoms with van der Waals surface area (Å²) in [6.45, 7) is 0.510. The first kappa shape index (κ1) is 14.0. The second-order valence-corrected chi connectivity index (χ2v) is 6.20. The van der Waals surface area contributed by atoms with Crippen LogP contribution in [-0.2, 0) is 6.54 Å². The molecule has 0 saturated heterocycles. The number of nitrogens with one attached hydrogen (secondary N) is 1. The van der Waals surface area contributed by atoms with Crippen molar-refractivity contribution in [3.05, 3.63) is 62.1 Å². The van der Waals surface area contributed by atoms with Crippen LogP contribution in [0.4, 0.5) is 11.4 Å². The first-order chi connectivity index (χ1) is 10.1. The molecule has 3 aromatic rings. The van der Waals surface area contributed by atoms with Crippen molar-refractivity contribution in [1.82, 2.24) is 4.98 Å². The van der Waals surface area contributed by atoms with Crippen molar-refractivity contribution >= 4 is 48.9 Å². The molecule has 0 spiro atoms. The topological polar surface area (TPSA) is 68.1 Å². The van der Waals surface area contributed by atoms with Gasteiger partial charge >= 0.3 is 5.69 Å². The Morgan fingerprint density at radius 3 is 2.95 bits per heavy atom. The number of anilines is 1. The smallest absolute Gasteiger partial charge is 0.319 e. The van der Waals surface area contributed by atoms with E-state index in [2.05, 4.69) is 26.2 Å². The lowest BCUT2D eigenvalue weighted by atomic mass is 10.2. The van der Waals surface area contributed by atoms with E-state index < -0.39 is 0 Å². The molecule has 0 aliphatic heterocycles. The molecule has 0 saturated carbocycles. The average molecular weight is 364 g/mol. The van der Waals surface area contributed by atoms with E-state index in [0.29, 0.717) is 17.7 Å². The van der Waals surface area contributed by atoms with Gasteiger partial charge < -0.3 is 5.32 Å². The Hall–Kier alpha value is -1.99. The van der Waals surface area contributed by atoms with E-state index in [1.54, 1.807) is 11.6 Å². The van der Waals surface area contributed by atoms with Crippen molar-refractivity contribution in [2.45, 2.75) is 6.54 Å². The lowest BCUT2D eigenvalue weighted by molar-refractivity contribution is -0.382. The monoisotopic (exact) mass is 363 g/mol. The predicted octanol–water partition coefficient (Wildman–Crippen LogP) is 4.58. The number of nitro benzene ring substituents is 1. The molecule has 5 nitrogen and oxygen atoms in total. The number of hydrogen-bond acceptors (Lipinski definition) is 5. The third-order valence-electron chi connectivity index (χ3n) is 3.03. The van der Waals surface area contributed by atoms with Gasteiger partial charge in [-0.15, -0.1) is 11.3 Å². The number of nitrogens with zero attached hydrogens (tertiary/aromatic N) is 2. The standard InChI is InChI=1S/C14H10BrN3O2S/c15-10-3-1-2-9(6-10)7-16-11-4-5-12-13(17-8-21-12)14(11)18(19)20/h1-6,8,16H,7H2. The Labute approximate surface area is 132 Å². The zero-order valence-electron chi connectivity index (χ0n) is 10.7. The Morgan fingerprint density at radius 1 is 1.33 bits per heavy atom. The summed E-state index contributed by atoms with van der Waals surface area (Å²) < 4.78 is 1.79. The highest BCUT2D eigenvalue weighted by atomic mass is 79.9. The van der Waals surface area contributed by atoms with Gasteiger partial charge in [-0.05, 0) is 29.8 Å². The van der Waals surface area contributed by atoms with Crippen LogP contribution in [0.3, 0.4) is 0 Å². The summed E-state index contributed by atoms with van der Waals surface area (Å²) >= 11 is 4.80. The molecule has 1 heterocycles. The van der Waals surface area contributed by atoms with E-state index in [9.17, 15) is 10.1 Å². The molecular weight excluding hydrogens is 354 g/mol. The minimum atomic E-state index is -0.384. The van der Waals surface area contributed by atoms with Crippen LogP contribution in [0.2, 0.25) is 0 Å². The van der Waals surface area contributed by atoms with Crippen molar-refractivity contribution in [2.75, 3.05) is 5.32 Å². The van der Waals surface area contributed by atoms with Gasteiger partial charge in [0.2, 0.25) is 0 Å². The third-order valence-corrected chi connectivity index (χ3v) is 4.32. The van der Waals surface area contributed by atoms with Crippen LogP contribution in [0.1, 0.15) is 5.56 Å². The molecule has 0 aliphatic carbocycles. The lowest BCUT2D eigenvalue weighted by Crippen LogP contribution is -2.03. The second-order valence-electron chi connectivity index (χ2n) is 4.40. The number of rotatable bonds is 4. The number of nitro groups is 1. The molecule has 0 fully saturated rings. The van der Waals surface area contributed by atoms with Gasteiger partial charge in [0.25, 0.3) is 0 Å². The van der Waals surface area contributed by atoms with Gasteiger partial charge in [-0.1, -0.05) is 28.1 Å². The molecule has 106 valence electrons. The van der Waals surface area contributed by atoms with E-state index in [1.807, 2.05) is 30.3 Å². The van der Waals surface area contributed by atoms with Gasteiger partial charge in [-0.2, -0.15) is 0 Å². The molecule has 1 N–H and O–H groups in total. The molecule has 1 aromatic heterocycles. The highest BCUT2D eigenvalue weighted by Crippen LogP contribution is 2.34. The fourth-order valence-electron chi connectivity index (χ4n) is 2.09. The summed E-state index contributed by atoms with van der Waals surface area (Å²) in [6, 6.07) is 11.4. The molecule has 21 heavy (non-hydrogen) atoms. The van der Waals surface area contributed by atoms with Crippen LogP contribution in [0.15, 0.2) is 46.4 Å². The van der Waals surface area contributed by atoms with Crippen LogP contribution in [0.5, 0.6) is 0 Å². The van der Waals surface area contributed by atoms with Crippen molar-refractivity contribution in [3.8, 4) is 0 Å². The lowest BCUT2D eigenvalue weighted by Gasteiger charge is -2.08. The fourth-order valence-corrected chi connectivity index (χ4v) is 3.21. The minimum absolute atomic E-state index is 0.0312. The summed E-state index contributed by atoms with van der Waals surface area (Å²) in [5, 5.41) is 14.4. The number of aromatic nitrogens is 1. The predicted molar refractivity (Wildman–Crippen MR) is 87.7 cm³/mol. The Balaban J connectivity index is 1.93. The number of hydrogen-bond donors (Lipinski definition) is 1. The molecular formula is C14H10BrN3O2S. The maximum absolute atomic E-state index is 11.3. The molecule has 7 heteroatoms. The number of fused-ring (bicyclic) bond motifs is 1. The molecule has 0 unspecified atom stereocenters. The fraction of sp³-hybridized carbons (Fsp3) is 0.0714. The van der Waals surface area contributed by atoms with E-state index in [-0.39, 0.29) is 10.6 Å². The Kier molecular flexibility index (Phi) is 3.85. The molecule has 0 atom stereocenters. The van der Waals surface area contributed by atoms with E-state index >= 15 is 0 Å². The third kappa shape index (κ3) is 2.88. The maximum Gasteiger partial charge on any atom is 0.319 e. The first-order valence-electron chi connectivity index (χ1n) is 6.14. The van der Waals surface area contributed by atoms with Crippen LogP contribution < -0.4 is 5.32 Å². The number of halogens is 1. The van der Waals surface area contributed by atoms with Gasteiger partial charge in [0.1, 0.15) is 5.69 Å². The summed E-state index contributed by atoms with van der Waals surface area (Å²) in [5.74, 6) is 0. The Morgan fingerprint density at radius 2 is 2.19 bits per heavy atom. The van der Waals surface area contributed by atoms with Crippen LogP contribution >= 0.6 is 27.3 Å². The summed E-state index contributed by atoms with van der Waals surface area (Å²) in [6.07, 6.45) is 0. The average Bonchev–Trinajstić information content (AvgIpc) is 2.92. The first-order valence-corrected chi connectivity index (χ1v) is 7.81. The van der Waals surface area contributed by atoms with Gasteiger partial charge in [-0.25, -0.2) is 4.98 Å². The molecule has 0 radical (unpaired) electrons. The minimum Gasteiger partial charge on any atom is -0.375 e. The molecule has 3 rings (SSSR count). The normalized spacial score (nSPS) is 10.7. The van der Waals surface area contributed by atoms with E-state index in [0.717, 1.165) is 14.7 Å². The largest absolute Gasteiger partial charge is 0.375 e. The highest BCUT2D eigenvalue weighted by Gasteiger charge is 2.20. The van der Waals surface area contributed by atoms with Crippen molar-refractivity contribution < 1.29 is 4.92 Å². The summed E-state index contributed by atoms with van der Waals surface area (Å²) in [7, 11) is 0. The second kappa shape index (κ2) is 5.79. The highest BCUT2D eigenvalue weighted by molar-refractivity contribution is 9.10. The van der Waals surface area contributed by atoms with E-state index in [1.165, 1.54) is 11.3 Å². The molecule has 0 bridgehead atoms. The molecule has 0 aliphatic rings. The van der Waals surface area contributed by atoms with Crippen molar-refractivity contribution in [3.63, 3.8) is 0 Å². The summed E-state index contributed by atoms with van der Waals surface area (Å²) in [4.78, 5) is 15.0. The van der Waals surface area contributed by atoms with Crippen molar-refractivity contribution in [2.24, 2.45) is 0 Å². The van der Waals surface area contributed by atoms with Crippen LogP contribution in [-0.4, -0.2) is 9.91 Å². The zero-order valence-corrected chi connectivity index (χ0v) is 13.1. The zero-order chi connectivity index (χ0) is 14.8. The van der Waals surface area contributed by atoms with Gasteiger partial charge in [0, 0.05) is 11.0 Å². The SMILES string of the molecule is O=[N+]([O-])c1c(NCc2cccc(Br)c2)ccc2scnc12. The summed E-state index contributed by atoms with van der Waals surface area (Å²) in [5.41, 5.74) is 3.61. The van der Waals surface area contributed by atoms with Gasteiger partial charge in [-0.3, -0.25) is 10.1 Å². The van der Waals surface area contributed by atoms with E-state index in [4.69, 9.17) is 0 Å². The molecule has 2 aromatic carbocycles. The van der Waals surface area contributed by atoms with Gasteiger partial charge in [0.05, 0.1) is 15.1 Å². The molecule has 0 amide bonds. The maximum atomic E-state index is 11.3.